The predicted molar refractivity (Wildman–Crippen MR) is 90.9 cm³/mol. The van der Waals surface area contributed by atoms with Crippen molar-refractivity contribution in [1.29, 1.82) is 0 Å². The van der Waals surface area contributed by atoms with Crippen molar-refractivity contribution in [3.8, 4) is 11.4 Å². The molecule has 3 aromatic rings. The molecule has 2 heterocycles. The van der Waals surface area contributed by atoms with E-state index < -0.39 is 4.92 Å². The lowest BCUT2D eigenvalue weighted by molar-refractivity contribution is -0.384. The number of aromatic nitrogens is 5. The van der Waals surface area contributed by atoms with Gasteiger partial charge in [0.2, 0.25) is 11.7 Å². The standard InChI is InChI=1S/C15H14N6O3S/c1-3-7-20-10(2)17-18-15(20)25-9-13-16-14(19-24-13)11-5-4-6-12(8-11)21(22)23/h3-6,8H,1,7,9H2,2H3. The van der Waals surface area contributed by atoms with Crippen molar-refractivity contribution in [2.45, 2.75) is 24.4 Å². The van der Waals surface area contributed by atoms with Crippen LogP contribution in [0.25, 0.3) is 11.4 Å². The van der Waals surface area contributed by atoms with E-state index in [0.29, 0.717) is 29.6 Å². The van der Waals surface area contributed by atoms with Gasteiger partial charge in [-0.3, -0.25) is 10.1 Å². The highest BCUT2D eigenvalue weighted by atomic mass is 32.2. The van der Waals surface area contributed by atoms with E-state index in [0.717, 1.165) is 11.0 Å². The molecular weight excluding hydrogens is 344 g/mol. The summed E-state index contributed by atoms with van der Waals surface area (Å²) in [7, 11) is 0. The highest BCUT2D eigenvalue weighted by Crippen LogP contribution is 2.24. The minimum Gasteiger partial charge on any atom is -0.338 e. The van der Waals surface area contributed by atoms with E-state index in [1.54, 1.807) is 18.2 Å². The Bertz CT molecular complexity index is 920. The van der Waals surface area contributed by atoms with Crippen molar-refractivity contribution in [3.63, 3.8) is 0 Å². The van der Waals surface area contributed by atoms with Gasteiger partial charge < -0.3 is 9.09 Å². The summed E-state index contributed by atoms with van der Waals surface area (Å²) in [4.78, 5) is 14.7. The zero-order valence-corrected chi connectivity index (χ0v) is 14.1. The summed E-state index contributed by atoms with van der Waals surface area (Å²) in [6.07, 6.45) is 1.77. The van der Waals surface area contributed by atoms with E-state index in [1.807, 2.05) is 11.5 Å². The molecular formula is C15H14N6O3S. The highest BCUT2D eigenvalue weighted by Gasteiger charge is 2.14. The first-order chi connectivity index (χ1) is 12.1. The summed E-state index contributed by atoms with van der Waals surface area (Å²) in [5, 5.41) is 23.6. The number of nitro benzene ring substituents is 1. The first-order valence-electron chi connectivity index (χ1n) is 7.29. The van der Waals surface area contributed by atoms with Crippen LogP contribution in [-0.4, -0.2) is 29.8 Å². The second-order valence-electron chi connectivity index (χ2n) is 5.04. The van der Waals surface area contributed by atoms with Crippen LogP contribution in [-0.2, 0) is 12.3 Å². The van der Waals surface area contributed by atoms with Crippen LogP contribution in [0.4, 0.5) is 5.69 Å². The van der Waals surface area contributed by atoms with Crippen molar-refractivity contribution in [2.24, 2.45) is 0 Å². The van der Waals surface area contributed by atoms with Crippen LogP contribution in [0.1, 0.15) is 11.7 Å². The van der Waals surface area contributed by atoms with Gasteiger partial charge >= 0.3 is 0 Å². The Kier molecular flexibility index (Phi) is 4.89. The normalized spacial score (nSPS) is 10.8. The van der Waals surface area contributed by atoms with Gasteiger partial charge in [-0.15, -0.1) is 16.8 Å². The highest BCUT2D eigenvalue weighted by molar-refractivity contribution is 7.98. The minimum atomic E-state index is -0.463. The fraction of sp³-hybridized carbons (Fsp3) is 0.200. The van der Waals surface area contributed by atoms with Gasteiger partial charge in [0.05, 0.1) is 10.7 Å². The van der Waals surface area contributed by atoms with Gasteiger partial charge in [0, 0.05) is 24.2 Å². The molecule has 0 fully saturated rings. The van der Waals surface area contributed by atoms with Gasteiger partial charge in [-0.1, -0.05) is 35.1 Å². The zero-order valence-electron chi connectivity index (χ0n) is 13.3. The monoisotopic (exact) mass is 358 g/mol. The van der Waals surface area contributed by atoms with E-state index in [1.165, 1.54) is 23.9 Å². The van der Waals surface area contributed by atoms with Crippen molar-refractivity contribution in [3.05, 3.63) is 58.7 Å². The molecule has 0 radical (unpaired) electrons. The summed E-state index contributed by atoms with van der Waals surface area (Å²) in [6, 6.07) is 6.10. The number of hydrogen-bond acceptors (Lipinski definition) is 8. The third-order valence-electron chi connectivity index (χ3n) is 3.32. The quantitative estimate of drug-likeness (QED) is 0.274. The van der Waals surface area contributed by atoms with Crippen LogP contribution in [0.15, 0.2) is 46.6 Å². The Labute approximate surface area is 146 Å². The number of nitrogens with zero attached hydrogens (tertiary/aromatic N) is 6. The molecule has 10 heteroatoms. The maximum absolute atomic E-state index is 10.9. The molecule has 1 aromatic carbocycles. The molecule has 0 aliphatic rings. The average Bonchev–Trinajstić information content (AvgIpc) is 3.21. The molecule has 3 rings (SSSR count). The van der Waals surface area contributed by atoms with E-state index >= 15 is 0 Å². The Morgan fingerprint density at radius 3 is 3.04 bits per heavy atom. The number of nitro groups is 1. The predicted octanol–water partition coefficient (Wildman–Crippen LogP) is 3.02. The van der Waals surface area contributed by atoms with Crippen LogP contribution >= 0.6 is 11.8 Å². The second kappa shape index (κ2) is 7.26. The smallest absolute Gasteiger partial charge is 0.270 e. The maximum Gasteiger partial charge on any atom is 0.270 e. The lowest BCUT2D eigenvalue weighted by Gasteiger charge is -2.03. The van der Waals surface area contributed by atoms with Crippen molar-refractivity contribution >= 4 is 17.4 Å². The molecule has 0 saturated heterocycles. The summed E-state index contributed by atoms with van der Waals surface area (Å²) < 4.78 is 7.14. The second-order valence-corrected chi connectivity index (χ2v) is 5.98. The number of hydrogen-bond donors (Lipinski definition) is 0. The first-order valence-corrected chi connectivity index (χ1v) is 8.28. The Morgan fingerprint density at radius 2 is 2.28 bits per heavy atom. The lowest BCUT2D eigenvalue weighted by Crippen LogP contribution is -2.00. The topological polar surface area (TPSA) is 113 Å². The number of allylic oxidation sites excluding steroid dienone is 1. The van der Waals surface area contributed by atoms with Crippen LogP contribution in [0.3, 0.4) is 0 Å². The van der Waals surface area contributed by atoms with E-state index in [2.05, 4.69) is 26.9 Å². The van der Waals surface area contributed by atoms with E-state index in [9.17, 15) is 10.1 Å². The molecule has 0 saturated carbocycles. The molecule has 0 spiro atoms. The van der Waals surface area contributed by atoms with Crippen LogP contribution in [0.5, 0.6) is 0 Å². The van der Waals surface area contributed by atoms with Gasteiger partial charge in [0.1, 0.15) is 5.82 Å². The molecule has 128 valence electrons. The Morgan fingerprint density at radius 1 is 1.44 bits per heavy atom. The SMILES string of the molecule is C=CCn1c(C)nnc1SCc1nc(-c2cccc([N+](=O)[O-])c2)no1. The van der Waals surface area contributed by atoms with Crippen LogP contribution in [0.2, 0.25) is 0 Å². The molecule has 2 aromatic heterocycles. The molecule has 0 aliphatic carbocycles. The van der Waals surface area contributed by atoms with E-state index in [-0.39, 0.29) is 5.69 Å². The van der Waals surface area contributed by atoms with Crippen LogP contribution in [0, 0.1) is 17.0 Å². The summed E-state index contributed by atoms with van der Waals surface area (Å²) in [6.45, 7) is 6.20. The van der Waals surface area contributed by atoms with Gasteiger partial charge in [0.15, 0.2) is 5.16 Å². The lowest BCUT2D eigenvalue weighted by atomic mass is 10.2. The molecule has 0 N–H and O–H groups in total. The van der Waals surface area contributed by atoms with Gasteiger partial charge in [-0.2, -0.15) is 4.98 Å². The zero-order chi connectivity index (χ0) is 17.8. The van der Waals surface area contributed by atoms with Crippen LogP contribution < -0.4 is 0 Å². The summed E-state index contributed by atoms with van der Waals surface area (Å²) >= 11 is 1.41. The third kappa shape index (κ3) is 3.74. The number of non-ortho nitro benzene ring substituents is 1. The van der Waals surface area contributed by atoms with Crippen molar-refractivity contribution < 1.29 is 9.45 Å². The van der Waals surface area contributed by atoms with Gasteiger partial charge in [-0.05, 0) is 6.92 Å². The maximum atomic E-state index is 10.9. The first kappa shape index (κ1) is 16.8. The Hall–Kier alpha value is -3.01. The molecule has 25 heavy (non-hydrogen) atoms. The molecule has 0 aliphatic heterocycles. The summed E-state index contributed by atoms with van der Waals surface area (Å²) in [5.74, 6) is 1.92. The molecule has 0 bridgehead atoms. The molecule has 0 unspecified atom stereocenters. The van der Waals surface area contributed by atoms with Gasteiger partial charge in [0.25, 0.3) is 5.69 Å². The Balaban J connectivity index is 1.73. The minimum absolute atomic E-state index is 0.0220. The molecule has 0 amide bonds. The van der Waals surface area contributed by atoms with Gasteiger partial charge in [-0.25, -0.2) is 0 Å². The number of benzene rings is 1. The fourth-order valence-corrected chi connectivity index (χ4v) is 2.95. The van der Waals surface area contributed by atoms with Crippen molar-refractivity contribution in [2.75, 3.05) is 0 Å². The number of thioether (sulfide) groups is 1. The summed E-state index contributed by atoms with van der Waals surface area (Å²) in [5.41, 5.74) is 0.506. The number of rotatable bonds is 7. The third-order valence-corrected chi connectivity index (χ3v) is 4.27. The largest absolute Gasteiger partial charge is 0.338 e. The average molecular weight is 358 g/mol. The van der Waals surface area contributed by atoms with Crippen molar-refractivity contribution in [1.82, 2.24) is 24.9 Å². The van der Waals surface area contributed by atoms with E-state index in [4.69, 9.17) is 4.52 Å². The number of aryl methyl sites for hydroxylation is 1. The fourth-order valence-electron chi connectivity index (χ4n) is 2.12. The molecule has 0 atom stereocenters. The molecule has 9 nitrogen and oxygen atoms in total.